The molecule has 1 aromatic heterocycles. The summed E-state index contributed by atoms with van der Waals surface area (Å²) < 4.78 is 1.89. The van der Waals surface area contributed by atoms with E-state index in [0.717, 1.165) is 5.56 Å². The molecule has 5 heteroatoms. The number of pyridine rings is 1. The number of hydrogen-bond acceptors (Lipinski definition) is 2. The summed E-state index contributed by atoms with van der Waals surface area (Å²) in [6.07, 6.45) is 4.05. The summed E-state index contributed by atoms with van der Waals surface area (Å²) in [5.74, 6) is -1.28. The van der Waals surface area contributed by atoms with Gasteiger partial charge in [0.1, 0.15) is 6.04 Å². The molecule has 0 aliphatic rings. The Morgan fingerprint density at radius 3 is 2.53 bits per heavy atom. The van der Waals surface area contributed by atoms with E-state index in [9.17, 15) is 9.59 Å². The van der Waals surface area contributed by atoms with Crippen LogP contribution >= 0.6 is 0 Å². The number of amides is 1. The first kappa shape index (κ1) is 13.2. The van der Waals surface area contributed by atoms with Crippen molar-refractivity contribution >= 4 is 11.9 Å². The van der Waals surface area contributed by atoms with Crippen LogP contribution in [0.25, 0.3) is 0 Å². The lowest BCUT2D eigenvalue weighted by Gasteiger charge is -2.07. The van der Waals surface area contributed by atoms with Gasteiger partial charge in [-0.25, -0.2) is 4.57 Å². The number of nitrogens with zero attached hydrogens (tertiary/aromatic N) is 1. The molecule has 0 aliphatic heterocycles. The van der Waals surface area contributed by atoms with Crippen LogP contribution in [0.3, 0.4) is 0 Å². The summed E-state index contributed by atoms with van der Waals surface area (Å²) in [5.41, 5.74) is 1.16. The number of nitrogens with one attached hydrogen (secondary N) is 1. The molecule has 1 amide bonds. The maximum absolute atomic E-state index is 11.4. The lowest BCUT2D eigenvalue weighted by molar-refractivity contribution is -0.695. The van der Waals surface area contributed by atoms with Gasteiger partial charge in [0.15, 0.2) is 18.9 Å². The number of aryl methyl sites for hydroxylation is 2. The fraction of sp³-hybridized carbons (Fsp3) is 0.417. The quantitative estimate of drug-likeness (QED) is 0.722. The minimum atomic E-state index is -1.03. The summed E-state index contributed by atoms with van der Waals surface area (Å²) in [6, 6.07) is 3.07. The molecule has 1 atom stereocenters. The Balaban J connectivity index is 2.38. The standard InChI is InChI=1S/C12H16N2O3/c1-9-3-6-14(7-4-9)8-5-11(15)13-10(2)12(16)17/h3-4,6-7,10H,5,8H2,1-2H3,(H-,13,15,16,17)/p+1. The minimum Gasteiger partial charge on any atom is -0.480 e. The molecule has 0 aliphatic carbocycles. The van der Waals surface area contributed by atoms with Crippen molar-refractivity contribution in [2.24, 2.45) is 0 Å². The molecule has 0 aromatic carbocycles. The van der Waals surface area contributed by atoms with Gasteiger partial charge < -0.3 is 10.4 Å². The Hall–Kier alpha value is -1.91. The predicted octanol–water partition coefficient (Wildman–Crippen LogP) is 0.262. The Morgan fingerprint density at radius 1 is 1.41 bits per heavy atom. The van der Waals surface area contributed by atoms with Crippen molar-refractivity contribution in [2.45, 2.75) is 32.9 Å². The molecule has 0 spiro atoms. The molecule has 0 fully saturated rings. The Bertz CT molecular complexity index is 401. The SMILES string of the molecule is Cc1cc[n+](CCC(=O)NC(C)C(=O)O)cc1. The first-order valence-corrected chi connectivity index (χ1v) is 5.47. The first-order valence-electron chi connectivity index (χ1n) is 5.47. The third kappa shape index (κ3) is 4.63. The van der Waals surface area contributed by atoms with Crippen molar-refractivity contribution in [1.82, 2.24) is 5.32 Å². The molecule has 1 heterocycles. The lowest BCUT2D eigenvalue weighted by atomic mass is 10.3. The van der Waals surface area contributed by atoms with Crippen molar-refractivity contribution in [3.8, 4) is 0 Å². The van der Waals surface area contributed by atoms with Gasteiger partial charge >= 0.3 is 5.97 Å². The van der Waals surface area contributed by atoms with E-state index in [-0.39, 0.29) is 12.3 Å². The van der Waals surface area contributed by atoms with Gasteiger partial charge in [0.05, 0.1) is 6.42 Å². The van der Waals surface area contributed by atoms with Gasteiger partial charge in [-0.1, -0.05) is 0 Å². The van der Waals surface area contributed by atoms with Crippen molar-refractivity contribution < 1.29 is 19.3 Å². The average Bonchev–Trinajstić information content (AvgIpc) is 2.28. The van der Waals surface area contributed by atoms with Crippen LogP contribution in [-0.4, -0.2) is 23.0 Å². The van der Waals surface area contributed by atoms with Crippen molar-refractivity contribution in [3.63, 3.8) is 0 Å². The largest absolute Gasteiger partial charge is 0.480 e. The van der Waals surface area contributed by atoms with Gasteiger partial charge in [-0.15, -0.1) is 0 Å². The van der Waals surface area contributed by atoms with E-state index >= 15 is 0 Å². The van der Waals surface area contributed by atoms with Gasteiger partial charge in [0.2, 0.25) is 5.91 Å². The summed E-state index contributed by atoms with van der Waals surface area (Å²) in [5, 5.41) is 11.0. The second kappa shape index (κ2) is 5.98. The zero-order valence-corrected chi connectivity index (χ0v) is 10.0. The second-order valence-corrected chi connectivity index (χ2v) is 3.99. The van der Waals surface area contributed by atoms with E-state index in [2.05, 4.69) is 5.32 Å². The third-order valence-corrected chi connectivity index (χ3v) is 2.40. The molecule has 0 bridgehead atoms. The van der Waals surface area contributed by atoms with Crippen LogP contribution < -0.4 is 9.88 Å². The van der Waals surface area contributed by atoms with Crippen LogP contribution in [0, 0.1) is 6.92 Å². The molecule has 92 valence electrons. The van der Waals surface area contributed by atoms with Crippen LogP contribution in [0.2, 0.25) is 0 Å². The molecule has 0 saturated heterocycles. The highest BCUT2D eigenvalue weighted by molar-refractivity contribution is 5.82. The average molecular weight is 237 g/mol. The van der Waals surface area contributed by atoms with Crippen LogP contribution in [-0.2, 0) is 16.1 Å². The highest BCUT2D eigenvalue weighted by Gasteiger charge is 2.14. The first-order chi connectivity index (χ1) is 7.99. The van der Waals surface area contributed by atoms with Crippen LogP contribution in [0.4, 0.5) is 0 Å². The molecule has 1 rings (SSSR count). The monoisotopic (exact) mass is 237 g/mol. The highest BCUT2D eigenvalue weighted by Crippen LogP contribution is 1.91. The molecule has 1 aromatic rings. The van der Waals surface area contributed by atoms with Crippen LogP contribution in [0.1, 0.15) is 18.9 Å². The fourth-order valence-corrected chi connectivity index (χ4v) is 1.29. The van der Waals surface area contributed by atoms with E-state index in [0.29, 0.717) is 6.54 Å². The highest BCUT2D eigenvalue weighted by atomic mass is 16.4. The minimum absolute atomic E-state index is 0.257. The fourth-order valence-electron chi connectivity index (χ4n) is 1.29. The topological polar surface area (TPSA) is 70.3 Å². The Labute approximate surface area is 100 Å². The maximum atomic E-state index is 11.4. The van der Waals surface area contributed by atoms with Crippen molar-refractivity contribution in [3.05, 3.63) is 30.1 Å². The molecule has 1 unspecified atom stereocenters. The Kier molecular flexibility index (Phi) is 4.63. The molecular formula is C12H17N2O3+. The molecule has 5 nitrogen and oxygen atoms in total. The molecule has 2 N–H and O–H groups in total. The number of aliphatic carboxylic acids is 1. The van der Waals surface area contributed by atoms with E-state index in [4.69, 9.17) is 5.11 Å². The lowest BCUT2D eigenvalue weighted by Crippen LogP contribution is -2.41. The van der Waals surface area contributed by atoms with E-state index in [1.807, 2.05) is 36.0 Å². The van der Waals surface area contributed by atoms with E-state index in [1.165, 1.54) is 6.92 Å². The van der Waals surface area contributed by atoms with Crippen molar-refractivity contribution in [1.29, 1.82) is 0 Å². The number of carboxylic acid groups (broad SMARTS) is 1. The summed E-state index contributed by atoms with van der Waals surface area (Å²) in [6.45, 7) is 3.98. The maximum Gasteiger partial charge on any atom is 0.325 e. The van der Waals surface area contributed by atoms with Gasteiger partial charge in [-0.3, -0.25) is 9.59 Å². The number of rotatable bonds is 5. The predicted molar refractivity (Wildman–Crippen MR) is 61.2 cm³/mol. The zero-order valence-electron chi connectivity index (χ0n) is 10.0. The number of carboxylic acids is 1. The molecular weight excluding hydrogens is 220 g/mol. The molecule has 0 radical (unpaired) electrons. The summed E-state index contributed by atoms with van der Waals surface area (Å²) in [7, 11) is 0. The van der Waals surface area contributed by atoms with Crippen molar-refractivity contribution in [2.75, 3.05) is 0 Å². The number of carbonyl (C=O) groups excluding carboxylic acids is 1. The van der Waals surface area contributed by atoms with E-state index in [1.54, 1.807) is 0 Å². The molecule has 0 saturated carbocycles. The smallest absolute Gasteiger partial charge is 0.325 e. The number of carbonyl (C=O) groups is 2. The number of aromatic nitrogens is 1. The zero-order chi connectivity index (χ0) is 12.8. The second-order valence-electron chi connectivity index (χ2n) is 3.99. The van der Waals surface area contributed by atoms with Crippen LogP contribution in [0.5, 0.6) is 0 Å². The Morgan fingerprint density at radius 2 is 2.00 bits per heavy atom. The van der Waals surface area contributed by atoms with Gasteiger partial charge in [0, 0.05) is 12.1 Å². The summed E-state index contributed by atoms with van der Waals surface area (Å²) >= 11 is 0. The van der Waals surface area contributed by atoms with Gasteiger partial charge in [0.25, 0.3) is 0 Å². The number of hydrogen-bond donors (Lipinski definition) is 2. The van der Waals surface area contributed by atoms with E-state index < -0.39 is 12.0 Å². The van der Waals surface area contributed by atoms with Gasteiger partial charge in [-0.2, -0.15) is 0 Å². The van der Waals surface area contributed by atoms with Gasteiger partial charge in [-0.05, 0) is 19.4 Å². The molecule has 17 heavy (non-hydrogen) atoms. The van der Waals surface area contributed by atoms with Crippen LogP contribution in [0.15, 0.2) is 24.5 Å². The summed E-state index contributed by atoms with van der Waals surface area (Å²) in [4.78, 5) is 21.9. The normalized spacial score (nSPS) is 11.9. The third-order valence-electron chi connectivity index (χ3n) is 2.40.